The summed E-state index contributed by atoms with van der Waals surface area (Å²) in [6, 6.07) is 1.35. The van der Waals surface area contributed by atoms with Crippen LogP contribution in [0, 0.1) is 5.82 Å². The number of nitrogens with zero attached hydrogens (tertiary/aromatic N) is 2. The molecule has 1 unspecified atom stereocenters. The quantitative estimate of drug-likeness (QED) is 0.694. The van der Waals surface area contributed by atoms with E-state index in [0.29, 0.717) is 10.5 Å². The molecule has 0 aliphatic carbocycles. The van der Waals surface area contributed by atoms with Crippen LogP contribution in [0.5, 0.6) is 5.88 Å². The largest absolute Gasteiger partial charge is 0.493 e. The van der Waals surface area contributed by atoms with E-state index in [1.165, 1.54) is 24.9 Å². The minimum absolute atomic E-state index is 0.0751. The third kappa shape index (κ3) is 2.91. The highest BCUT2D eigenvalue weighted by molar-refractivity contribution is 8.01. The average Bonchev–Trinajstić information content (AvgIpc) is 2.34. The number of aromatic nitrogens is 2. The van der Waals surface area contributed by atoms with Crippen LogP contribution in [0.4, 0.5) is 4.39 Å². The molecule has 0 saturated carbocycles. The number of aromatic hydroxyl groups is 1. The van der Waals surface area contributed by atoms with Gasteiger partial charge in [-0.25, -0.2) is 14.4 Å². The van der Waals surface area contributed by atoms with E-state index in [2.05, 4.69) is 9.97 Å². The zero-order valence-electron chi connectivity index (χ0n) is 10.4. The summed E-state index contributed by atoms with van der Waals surface area (Å²) in [7, 11) is 1.52. The molecule has 0 aliphatic heterocycles. The van der Waals surface area contributed by atoms with Crippen molar-refractivity contribution in [3.63, 3.8) is 0 Å². The SMILES string of the molecule is COCc1c(SC(C)Cl)cc(F)c2ncnc(O)c12. The first-order chi connectivity index (χ1) is 9.04. The maximum Gasteiger partial charge on any atom is 0.222 e. The molecule has 0 saturated heterocycles. The van der Waals surface area contributed by atoms with E-state index in [0.717, 1.165) is 6.33 Å². The number of rotatable bonds is 4. The monoisotopic (exact) mass is 302 g/mol. The second-order valence-electron chi connectivity index (χ2n) is 3.85. The maximum absolute atomic E-state index is 14.0. The summed E-state index contributed by atoms with van der Waals surface area (Å²) >= 11 is 7.22. The number of alkyl halides is 1. The van der Waals surface area contributed by atoms with Crippen molar-refractivity contribution in [1.29, 1.82) is 0 Å². The number of hydrogen-bond acceptors (Lipinski definition) is 5. The van der Waals surface area contributed by atoms with Gasteiger partial charge in [-0.1, -0.05) is 0 Å². The number of methoxy groups -OCH3 is 1. The van der Waals surface area contributed by atoms with Gasteiger partial charge in [0, 0.05) is 17.6 Å². The molecular weight excluding hydrogens is 291 g/mol. The van der Waals surface area contributed by atoms with Crippen LogP contribution < -0.4 is 0 Å². The van der Waals surface area contributed by atoms with Crippen molar-refractivity contribution in [2.75, 3.05) is 7.11 Å². The Hall–Kier alpha value is -1.11. The molecule has 0 aliphatic rings. The average molecular weight is 303 g/mol. The summed E-state index contributed by atoms with van der Waals surface area (Å²) in [5.41, 5.74) is 0.709. The molecule has 1 aromatic carbocycles. The van der Waals surface area contributed by atoms with Gasteiger partial charge < -0.3 is 9.84 Å². The van der Waals surface area contributed by atoms with Gasteiger partial charge in [-0.2, -0.15) is 0 Å². The van der Waals surface area contributed by atoms with Gasteiger partial charge in [0.1, 0.15) is 11.8 Å². The van der Waals surface area contributed by atoms with Gasteiger partial charge in [0.25, 0.3) is 0 Å². The molecule has 0 spiro atoms. The number of ether oxygens (including phenoxy) is 1. The van der Waals surface area contributed by atoms with Gasteiger partial charge in [-0.15, -0.1) is 23.4 Å². The molecular formula is C12H12ClFN2O2S. The van der Waals surface area contributed by atoms with Gasteiger partial charge in [0.15, 0.2) is 5.82 Å². The summed E-state index contributed by atoms with van der Waals surface area (Å²) in [5.74, 6) is -0.784. The first-order valence-electron chi connectivity index (χ1n) is 5.49. The Morgan fingerprint density at radius 2 is 2.26 bits per heavy atom. The second-order valence-corrected chi connectivity index (χ2v) is 6.15. The fourth-order valence-corrected chi connectivity index (χ4v) is 2.91. The first-order valence-corrected chi connectivity index (χ1v) is 6.81. The summed E-state index contributed by atoms with van der Waals surface area (Å²) in [4.78, 5) is 8.16. The van der Waals surface area contributed by atoms with Gasteiger partial charge in [-0.3, -0.25) is 0 Å². The molecule has 1 N–H and O–H groups in total. The van der Waals surface area contributed by atoms with Crippen molar-refractivity contribution in [2.24, 2.45) is 0 Å². The lowest BCUT2D eigenvalue weighted by molar-refractivity contribution is 0.184. The third-order valence-corrected chi connectivity index (χ3v) is 3.70. The number of fused-ring (bicyclic) bond motifs is 1. The zero-order valence-corrected chi connectivity index (χ0v) is 11.9. The van der Waals surface area contributed by atoms with E-state index in [9.17, 15) is 9.50 Å². The predicted molar refractivity (Wildman–Crippen MR) is 73.0 cm³/mol. The highest BCUT2D eigenvalue weighted by atomic mass is 35.5. The second kappa shape index (κ2) is 5.90. The smallest absolute Gasteiger partial charge is 0.222 e. The summed E-state index contributed by atoms with van der Waals surface area (Å²) in [5, 5.41) is 10.1. The molecule has 0 radical (unpaired) electrons. The maximum atomic E-state index is 14.0. The summed E-state index contributed by atoms with van der Waals surface area (Å²) in [6.07, 6.45) is 1.12. The van der Waals surface area contributed by atoms with Crippen LogP contribution in [0.25, 0.3) is 10.9 Å². The van der Waals surface area contributed by atoms with Gasteiger partial charge in [-0.05, 0) is 13.0 Å². The Labute approximate surface area is 119 Å². The molecule has 0 amide bonds. The number of hydrogen-bond donors (Lipinski definition) is 1. The summed E-state index contributed by atoms with van der Waals surface area (Å²) < 4.78 is 18.9. The molecule has 2 rings (SSSR count). The van der Waals surface area contributed by atoms with Crippen LogP contribution in [-0.2, 0) is 11.3 Å². The van der Waals surface area contributed by atoms with Gasteiger partial charge >= 0.3 is 0 Å². The zero-order chi connectivity index (χ0) is 14.0. The lowest BCUT2D eigenvalue weighted by Crippen LogP contribution is -1.99. The number of halogens is 2. The highest BCUT2D eigenvalue weighted by Gasteiger charge is 2.18. The van der Waals surface area contributed by atoms with Gasteiger partial charge in [0.2, 0.25) is 5.88 Å². The van der Waals surface area contributed by atoms with Crippen LogP contribution in [0.3, 0.4) is 0 Å². The molecule has 1 atom stereocenters. The molecule has 7 heteroatoms. The number of thioether (sulfide) groups is 1. The Bertz CT molecular complexity index is 610. The van der Waals surface area contributed by atoms with E-state index in [4.69, 9.17) is 16.3 Å². The molecule has 0 bridgehead atoms. The lowest BCUT2D eigenvalue weighted by atomic mass is 10.1. The topological polar surface area (TPSA) is 55.2 Å². The molecule has 2 aromatic rings. The normalized spacial score (nSPS) is 12.8. The van der Waals surface area contributed by atoms with E-state index >= 15 is 0 Å². The minimum Gasteiger partial charge on any atom is -0.493 e. The molecule has 19 heavy (non-hydrogen) atoms. The Morgan fingerprint density at radius 3 is 2.89 bits per heavy atom. The molecule has 1 aromatic heterocycles. The molecule has 102 valence electrons. The number of benzene rings is 1. The van der Waals surface area contributed by atoms with Crippen LogP contribution in [0.1, 0.15) is 12.5 Å². The van der Waals surface area contributed by atoms with E-state index in [1.807, 2.05) is 0 Å². The first kappa shape index (κ1) is 14.3. The highest BCUT2D eigenvalue weighted by Crippen LogP contribution is 2.37. The Balaban J connectivity index is 2.75. The van der Waals surface area contributed by atoms with Crippen LogP contribution in [0.15, 0.2) is 17.3 Å². The van der Waals surface area contributed by atoms with Gasteiger partial charge in [0.05, 0.1) is 16.7 Å². The Kier molecular flexibility index (Phi) is 4.44. The van der Waals surface area contributed by atoms with Crippen molar-refractivity contribution in [2.45, 2.75) is 23.1 Å². The Morgan fingerprint density at radius 1 is 1.53 bits per heavy atom. The van der Waals surface area contributed by atoms with E-state index in [-0.39, 0.29) is 28.1 Å². The van der Waals surface area contributed by atoms with Crippen LogP contribution in [0.2, 0.25) is 0 Å². The fourth-order valence-electron chi connectivity index (χ4n) is 1.80. The molecule has 0 fully saturated rings. The van der Waals surface area contributed by atoms with Crippen molar-refractivity contribution in [3.8, 4) is 5.88 Å². The molecule has 4 nitrogen and oxygen atoms in total. The van der Waals surface area contributed by atoms with E-state index < -0.39 is 5.82 Å². The fraction of sp³-hybridized carbons (Fsp3) is 0.333. The van der Waals surface area contributed by atoms with Crippen molar-refractivity contribution in [3.05, 3.63) is 23.8 Å². The van der Waals surface area contributed by atoms with Crippen molar-refractivity contribution in [1.82, 2.24) is 9.97 Å². The third-order valence-electron chi connectivity index (χ3n) is 2.49. The van der Waals surface area contributed by atoms with Crippen LogP contribution in [-0.4, -0.2) is 26.9 Å². The minimum atomic E-state index is -0.521. The lowest BCUT2D eigenvalue weighted by Gasteiger charge is -2.13. The molecule has 1 heterocycles. The van der Waals surface area contributed by atoms with Crippen molar-refractivity contribution >= 4 is 34.3 Å². The van der Waals surface area contributed by atoms with E-state index in [1.54, 1.807) is 6.92 Å². The summed E-state index contributed by atoms with van der Waals surface area (Å²) in [6.45, 7) is 2.00. The van der Waals surface area contributed by atoms with Crippen LogP contribution >= 0.6 is 23.4 Å². The predicted octanol–water partition coefficient (Wildman–Crippen LogP) is 3.30. The van der Waals surface area contributed by atoms with Crippen molar-refractivity contribution < 1.29 is 14.2 Å². The standard InChI is InChI=1S/C12H12ClFN2O2S/c1-6(13)19-9-3-8(14)11-10(7(9)4-18-2)12(17)16-5-15-11/h3,5-6H,4H2,1-2H3,(H,15,16,17).